The van der Waals surface area contributed by atoms with Gasteiger partial charge >= 0.3 is 0 Å². The van der Waals surface area contributed by atoms with Gasteiger partial charge in [-0.25, -0.2) is 0 Å². The van der Waals surface area contributed by atoms with Gasteiger partial charge in [0.1, 0.15) is 24.7 Å². The van der Waals surface area contributed by atoms with Crippen molar-refractivity contribution in [3.05, 3.63) is 84.0 Å². The van der Waals surface area contributed by atoms with Crippen LogP contribution in [0.25, 0.3) is 5.76 Å². The minimum absolute atomic E-state index is 0.0247. The highest BCUT2D eigenvalue weighted by Crippen LogP contribution is 2.42. The van der Waals surface area contributed by atoms with Crippen LogP contribution in [0.4, 0.5) is 0 Å². The van der Waals surface area contributed by atoms with Crippen LogP contribution in [0.2, 0.25) is 0 Å². The van der Waals surface area contributed by atoms with Crippen molar-refractivity contribution in [3.8, 4) is 17.2 Å². The monoisotopic (exact) mass is 548 g/mol. The molecule has 4 rings (SSSR count). The van der Waals surface area contributed by atoms with Gasteiger partial charge in [-0.15, -0.1) is 0 Å². The van der Waals surface area contributed by atoms with Crippen molar-refractivity contribution in [2.75, 3.05) is 59.7 Å². The van der Waals surface area contributed by atoms with E-state index in [9.17, 15) is 14.7 Å². The SMILES string of the molecule is C=CCOc1ccc(/C(O)=C2\C(=O)C(=O)N(CCN3CCOCC3)C2c2ccc(OCC=C)c(OC)c2)c(C)c1. The zero-order chi connectivity index (χ0) is 28.6. The molecule has 1 amide bonds. The van der Waals surface area contributed by atoms with E-state index in [1.165, 1.54) is 12.0 Å². The van der Waals surface area contributed by atoms with Crippen LogP contribution in [-0.2, 0) is 14.3 Å². The number of rotatable bonds is 12. The molecule has 0 bridgehead atoms. The van der Waals surface area contributed by atoms with E-state index in [0.717, 1.165) is 13.1 Å². The standard InChI is InChI=1S/C31H36N2O7/c1-5-15-39-23-8-9-24(21(3)19-23)29(34)27-28(22-7-10-25(40-16-6-2)26(20-22)37-4)33(31(36)30(27)35)12-11-32-13-17-38-18-14-32/h5-10,19-20,28,34H,1-2,11-18H2,3-4H3/b29-27+. The summed E-state index contributed by atoms with van der Waals surface area (Å²) in [6.07, 6.45) is 3.27. The van der Waals surface area contributed by atoms with Gasteiger partial charge in [-0.3, -0.25) is 14.5 Å². The van der Waals surface area contributed by atoms with Crippen LogP contribution >= 0.6 is 0 Å². The molecule has 2 heterocycles. The lowest BCUT2D eigenvalue weighted by Gasteiger charge is -2.31. The number of benzene rings is 2. The van der Waals surface area contributed by atoms with Crippen molar-refractivity contribution in [1.82, 2.24) is 9.80 Å². The van der Waals surface area contributed by atoms with E-state index in [-0.39, 0.29) is 11.3 Å². The molecule has 212 valence electrons. The fourth-order valence-electron chi connectivity index (χ4n) is 4.95. The number of carbonyl (C=O) groups excluding carboxylic acids is 2. The molecule has 40 heavy (non-hydrogen) atoms. The summed E-state index contributed by atoms with van der Waals surface area (Å²) in [5.41, 5.74) is 1.79. The number of hydrogen-bond donors (Lipinski definition) is 1. The van der Waals surface area contributed by atoms with Crippen molar-refractivity contribution < 1.29 is 33.6 Å². The zero-order valence-corrected chi connectivity index (χ0v) is 23.1. The molecule has 0 spiro atoms. The van der Waals surface area contributed by atoms with Crippen molar-refractivity contribution in [2.24, 2.45) is 0 Å². The van der Waals surface area contributed by atoms with E-state index < -0.39 is 17.7 Å². The third kappa shape index (κ3) is 6.21. The van der Waals surface area contributed by atoms with Gasteiger partial charge in [-0.05, 0) is 48.4 Å². The molecule has 1 atom stereocenters. The van der Waals surface area contributed by atoms with Crippen LogP contribution in [0.1, 0.15) is 22.7 Å². The first-order chi connectivity index (χ1) is 19.4. The minimum Gasteiger partial charge on any atom is -0.507 e. The maximum absolute atomic E-state index is 13.5. The third-order valence-corrected chi connectivity index (χ3v) is 6.98. The average molecular weight is 549 g/mol. The van der Waals surface area contributed by atoms with Crippen molar-refractivity contribution >= 4 is 17.4 Å². The van der Waals surface area contributed by atoms with Crippen molar-refractivity contribution in [3.63, 3.8) is 0 Å². The Morgan fingerprint density at radius 2 is 1.75 bits per heavy atom. The van der Waals surface area contributed by atoms with Crippen LogP contribution in [0.3, 0.4) is 0 Å². The van der Waals surface area contributed by atoms with E-state index in [2.05, 4.69) is 18.1 Å². The lowest BCUT2D eigenvalue weighted by atomic mass is 9.93. The number of ketones is 1. The number of ether oxygens (including phenoxy) is 4. The number of aliphatic hydroxyl groups is 1. The molecular formula is C31H36N2O7. The molecule has 0 saturated carbocycles. The number of aliphatic hydroxyl groups excluding tert-OH is 1. The van der Waals surface area contributed by atoms with E-state index >= 15 is 0 Å². The van der Waals surface area contributed by atoms with Crippen LogP contribution < -0.4 is 14.2 Å². The Bertz CT molecular complexity index is 1300. The first-order valence-corrected chi connectivity index (χ1v) is 13.2. The normalized spacial score (nSPS) is 18.9. The number of morpholine rings is 1. The summed E-state index contributed by atoms with van der Waals surface area (Å²) in [5, 5.41) is 11.5. The number of nitrogens with zero attached hydrogens (tertiary/aromatic N) is 2. The summed E-state index contributed by atoms with van der Waals surface area (Å²) in [4.78, 5) is 30.6. The summed E-state index contributed by atoms with van der Waals surface area (Å²) >= 11 is 0. The van der Waals surface area contributed by atoms with Gasteiger partial charge < -0.3 is 29.0 Å². The molecule has 0 aromatic heterocycles. The molecule has 9 nitrogen and oxygen atoms in total. The largest absolute Gasteiger partial charge is 0.507 e. The van der Waals surface area contributed by atoms with E-state index in [4.69, 9.17) is 18.9 Å². The fourth-order valence-corrected chi connectivity index (χ4v) is 4.95. The van der Waals surface area contributed by atoms with Gasteiger partial charge in [0, 0.05) is 31.7 Å². The number of methoxy groups -OCH3 is 1. The Kier molecular flexibility index (Phi) is 9.63. The molecule has 0 aliphatic carbocycles. The van der Waals surface area contributed by atoms with Crippen LogP contribution in [0.15, 0.2) is 67.3 Å². The Morgan fingerprint density at radius 3 is 2.42 bits per heavy atom. The van der Waals surface area contributed by atoms with E-state index in [1.807, 2.05) is 6.92 Å². The van der Waals surface area contributed by atoms with Crippen molar-refractivity contribution in [1.29, 1.82) is 0 Å². The highest BCUT2D eigenvalue weighted by molar-refractivity contribution is 6.46. The number of carbonyl (C=O) groups is 2. The van der Waals surface area contributed by atoms with Crippen LogP contribution in [0.5, 0.6) is 17.2 Å². The smallest absolute Gasteiger partial charge is 0.295 e. The molecule has 2 aliphatic heterocycles. The second-order valence-corrected chi connectivity index (χ2v) is 9.53. The minimum atomic E-state index is -0.820. The van der Waals surface area contributed by atoms with Crippen LogP contribution in [0, 0.1) is 6.92 Å². The van der Waals surface area contributed by atoms with Gasteiger partial charge in [0.15, 0.2) is 11.5 Å². The van der Waals surface area contributed by atoms with E-state index in [0.29, 0.717) is 73.5 Å². The first kappa shape index (κ1) is 28.9. The Balaban J connectivity index is 1.77. The molecule has 9 heteroatoms. The third-order valence-electron chi connectivity index (χ3n) is 6.98. The maximum Gasteiger partial charge on any atom is 0.295 e. The highest BCUT2D eigenvalue weighted by atomic mass is 16.5. The lowest BCUT2D eigenvalue weighted by molar-refractivity contribution is -0.140. The Hall–Kier alpha value is -4.08. The summed E-state index contributed by atoms with van der Waals surface area (Å²) in [7, 11) is 1.52. The van der Waals surface area contributed by atoms with Gasteiger partial charge in [-0.2, -0.15) is 0 Å². The molecule has 1 unspecified atom stereocenters. The van der Waals surface area contributed by atoms with Crippen LogP contribution in [-0.4, -0.2) is 86.3 Å². The van der Waals surface area contributed by atoms with Crippen molar-refractivity contribution in [2.45, 2.75) is 13.0 Å². The second-order valence-electron chi connectivity index (χ2n) is 9.53. The zero-order valence-electron chi connectivity index (χ0n) is 23.1. The molecule has 2 aliphatic rings. The average Bonchev–Trinajstić information content (AvgIpc) is 3.23. The Morgan fingerprint density at radius 1 is 1.02 bits per heavy atom. The highest BCUT2D eigenvalue weighted by Gasteiger charge is 2.46. The number of amides is 1. The first-order valence-electron chi connectivity index (χ1n) is 13.2. The molecular weight excluding hydrogens is 512 g/mol. The fraction of sp³-hybridized carbons (Fsp3) is 0.355. The molecule has 2 aromatic rings. The number of likely N-dealkylation sites (tertiary alicyclic amines) is 1. The molecule has 2 aromatic carbocycles. The molecule has 2 fully saturated rings. The summed E-state index contributed by atoms with van der Waals surface area (Å²) in [6, 6.07) is 9.61. The van der Waals surface area contributed by atoms with Gasteiger partial charge in [0.25, 0.3) is 11.7 Å². The Labute approximate surface area is 234 Å². The quantitative estimate of drug-likeness (QED) is 0.185. The predicted molar refractivity (Wildman–Crippen MR) is 152 cm³/mol. The maximum atomic E-state index is 13.5. The van der Waals surface area contributed by atoms with Gasteiger partial charge in [-0.1, -0.05) is 31.4 Å². The number of aryl methyl sites for hydroxylation is 1. The predicted octanol–water partition coefficient (Wildman–Crippen LogP) is 3.89. The number of Topliss-reactive ketones (excluding diaryl/α,β-unsaturated/α-hetero) is 1. The molecule has 0 radical (unpaired) electrons. The lowest BCUT2D eigenvalue weighted by Crippen LogP contribution is -2.42. The van der Waals surface area contributed by atoms with E-state index in [1.54, 1.807) is 48.6 Å². The van der Waals surface area contributed by atoms with Gasteiger partial charge in [0.2, 0.25) is 0 Å². The topological polar surface area (TPSA) is 97.8 Å². The summed E-state index contributed by atoms with van der Waals surface area (Å²) < 4.78 is 22.3. The van der Waals surface area contributed by atoms with Gasteiger partial charge in [0.05, 0.1) is 31.9 Å². The summed E-state index contributed by atoms with van der Waals surface area (Å²) in [6.45, 7) is 13.4. The second kappa shape index (κ2) is 13.3. The summed E-state index contributed by atoms with van der Waals surface area (Å²) in [5.74, 6) is -0.0798. The number of hydrogen-bond acceptors (Lipinski definition) is 8. The molecule has 2 saturated heterocycles. The molecule has 1 N–H and O–H groups in total.